The molecule has 1 rings (SSSR count). The van der Waals surface area contributed by atoms with E-state index in [9.17, 15) is 4.79 Å². The molecule has 6 nitrogen and oxygen atoms in total. The first-order valence-corrected chi connectivity index (χ1v) is 7.70. The molecule has 0 saturated carbocycles. The van der Waals surface area contributed by atoms with E-state index >= 15 is 0 Å². The first-order chi connectivity index (χ1) is 9.51. The van der Waals surface area contributed by atoms with Crippen LogP contribution in [0.2, 0.25) is 0 Å². The van der Waals surface area contributed by atoms with Crippen LogP contribution in [0.15, 0.2) is 0 Å². The van der Waals surface area contributed by atoms with Crippen molar-refractivity contribution in [2.24, 2.45) is 0 Å². The van der Waals surface area contributed by atoms with Crippen molar-refractivity contribution in [2.45, 2.75) is 19.8 Å². The van der Waals surface area contributed by atoms with Gasteiger partial charge in [-0.25, -0.2) is 4.98 Å². The van der Waals surface area contributed by atoms with Crippen LogP contribution < -0.4 is 16.0 Å². The zero-order valence-electron chi connectivity index (χ0n) is 12.8. The van der Waals surface area contributed by atoms with E-state index < -0.39 is 0 Å². The monoisotopic (exact) mass is 299 g/mol. The van der Waals surface area contributed by atoms with Crippen LogP contribution >= 0.6 is 11.3 Å². The molecule has 0 unspecified atom stereocenters. The minimum Gasteiger partial charge on any atom is -0.382 e. The minimum absolute atomic E-state index is 0.0488. The van der Waals surface area contributed by atoms with Gasteiger partial charge < -0.3 is 20.9 Å². The number of anilines is 2. The van der Waals surface area contributed by atoms with Gasteiger partial charge in [-0.15, -0.1) is 0 Å². The zero-order valence-corrected chi connectivity index (χ0v) is 13.6. The third-order valence-corrected chi connectivity index (χ3v) is 4.16. The summed E-state index contributed by atoms with van der Waals surface area (Å²) in [6.45, 7) is 4.60. The van der Waals surface area contributed by atoms with Crippen molar-refractivity contribution in [3.8, 4) is 0 Å². The molecule has 0 aliphatic rings. The maximum Gasteiger partial charge on any atom is 0.267 e. The van der Waals surface area contributed by atoms with Gasteiger partial charge in [0, 0.05) is 27.2 Å². The van der Waals surface area contributed by atoms with Crippen LogP contribution in [0.1, 0.15) is 29.4 Å². The first-order valence-electron chi connectivity index (χ1n) is 6.88. The van der Waals surface area contributed by atoms with Gasteiger partial charge in [-0.2, -0.15) is 0 Å². The molecule has 3 N–H and O–H groups in total. The molecule has 0 aromatic carbocycles. The number of nitrogen functional groups attached to an aromatic ring is 1. The topological polar surface area (TPSA) is 74.5 Å². The van der Waals surface area contributed by atoms with Gasteiger partial charge in [-0.05, 0) is 26.4 Å². The van der Waals surface area contributed by atoms with E-state index in [2.05, 4.69) is 17.2 Å². The van der Waals surface area contributed by atoms with Crippen LogP contribution in [0.25, 0.3) is 0 Å². The maximum atomic E-state index is 12.3. The lowest BCUT2D eigenvalue weighted by molar-refractivity contribution is 0.0799. The van der Waals surface area contributed by atoms with Crippen molar-refractivity contribution in [2.75, 3.05) is 51.4 Å². The number of hydrogen-bond acceptors (Lipinski definition) is 6. The summed E-state index contributed by atoms with van der Waals surface area (Å²) < 4.78 is 0. The number of carbonyl (C=O) groups is 1. The molecule has 0 bridgehead atoms. The van der Waals surface area contributed by atoms with Gasteiger partial charge in [-0.3, -0.25) is 4.79 Å². The molecular weight excluding hydrogens is 274 g/mol. The Balaban J connectivity index is 2.72. The summed E-state index contributed by atoms with van der Waals surface area (Å²) in [6.07, 6.45) is 1.95. The van der Waals surface area contributed by atoms with Crippen LogP contribution in [-0.2, 0) is 0 Å². The Bertz CT molecular complexity index is 434. The average Bonchev–Trinajstić information content (AvgIpc) is 2.80. The molecule has 0 radical (unpaired) electrons. The van der Waals surface area contributed by atoms with Crippen LogP contribution in [0.5, 0.6) is 0 Å². The number of hydrogen-bond donors (Lipinski definition) is 2. The quantitative estimate of drug-likeness (QED) is 0.707. The molecule has 0 saturated heterocycles. The Morgan fingerprint density at radius 3 is 2.70 bits per heavy atom. The molecule has 1 amide bonds. The summed E-state index contributed by atoms with van der Waals surface area (Å²) >= 11 is 1.37. The molecule has 1 aromatic rings. The molecule has 20 heavy (non-hydrogen) atoms. The van der Waals surface area contributed by atoms with Gasteiger partial charge in [0.05, 0.1) is 0 Å². The lowest BCUT2D eigenvalue weighted by Gasteiger charge is -2.16. The normalized spacial score (nSPS) is 10.6. The Kier molecular flexibility index (Phi) is 6.74. The summed E-state index contributed by atoms with van der Waals surface area (Å²) in [6, 6.07) is 0. The molecule has 0 fully saturated rings. The fourth-order valence-electron chi connectivity index (χ4n) is 1.84. The van der Waals surface area contributed by atoms with Crippen molar-refractivity contribution in [3.05, 3.63) is 4.88 Å². The van der Waals surface area contributed by atoms with E-state index in [1.807, 2.05) is 19.0 Å². The first kappa shape index (κ1) is 16.7. The summed E-state index contributed by atoms with van der Waals surface area (Å²) in [5, 5.41) is 3.87. The highest BCUT2D eigenvalue weighted by Crippen LogP contribution is 2.28. The Morgan fingerprint density at radius 2 is 2.10 bits per heavy atom. The average molecular weight is 299 g/mol. The summed E-state index contributed by atoms with van der Waals surface area (Å²) in [5.41, 5.74) is 5.88. The molecule has 0 aliphatic heterocycles. The van der Waals surface area contributed by atoms with Crippen molar-refractivity contribution in [3.63, 3.8) is 0 Å². The summed E-state index contributed by atoms with van der Waals surface area (Å²) in [5.74, 6) is 0.283. The predicted octanol–water partition coefficient (Wildman–Crippen LogP) is 1.25. The molecule has 1 aromatic heterocycles. The Hall–Kier alpha value is -1.34. The Morgan fingerprint density at radius 1 is 1.40 bits per heavy atom. The summed E-state index contributed by atoms with van der Waals surface area (Å²) in [7, 11) is 5.66. The van der Waals surface area contributed by atoms with Crippen molar-refractivity contribution >= 4 is 28.2 Å². The largest absolute Gasteiger partial charge is 0.382 e. The third-order valence-electron chi connectivity index (χ3n) is 2.99. The third kappa shape index (κ3) is 4.35. The lowest BCUT2D eigenvalue weighted by Crippen LogP contribution is -2.29. The van der Waals surface area contributed by atoms with E-state index in [4.69, 9.17) is 5.73 Å². The smallest absolute Gasteiger partial charge is 0.267 e. The highest BCUT2D eigenvalue weighted by atomic mass is 32.1. The molecule has 1 heterocycles. The number of rotatable bonds is 8. The number of nitrogens with zero attached hydrogens (tertiary/aromatic N) is 3. The van der Waals surface area contributed by atoms with Crippen molar-refractivity contribution < 1.29 is 4.79 Å². The van der Waals surface area contributed by atoms with E-state index in [0.717, 1.165) is 31.1 Å². The highest BCUT2D eigenvalue weighted by Gasteiger charge is 2.20. The van der Waals surface area contributed by atoms with Crippen LogP contribution in [-0.4, -0.2) is 56.6 Å². The zero-order chi connectivity index (χ0) is 15.1. The van der Waals surface area contributed by atoms with Gasteiger partial charge >= 0.3 is 0 Å². The lowest BCUT2D eigenvalue weighted by atomic mass is 10.3. The molecular formula is C13H25N5OS. The number of amides is 1. The molecule has 0 aliphatic carbocycles. The second-order valence-corrected chi connectivity index (χ2v) is 5.79. The van der Waals surface area contributed by atoms with Crippen molar-refractivity contribution in [1.82, 2.24) is 15.2 Å². The number of nitrogens with two attached hydrogens (primary N) is 1. The molecule has 0 atom stereocenters. The second-order valence-electron chi connectivity index (χ2n) is 4.82. The van der Waals surface area contributed by atoms with E-state index in [-0.39, 0.29) is 5.91 Å². The number of carbonyl (C=O) groups excluding carboxylic acids is 1. The van der Waals surface area contributed by atoms with E-state index in [1.165, 1.54) is 11.3 Å². The number of aromatic nitrogens is 1. The van der Waals surface area contributed by atoms with Gasteiger partial charge in [0.1, 0.15) is 10.7 Å². The predicted molar refractivity (Wildman–Crippen MR) is 85.6 cm³/mol. The standard InChI is InChI=1S/C13H25N5OS/c1-5-8-18(4)13-16-11(14)10(20-13)12(19)17(3)9-6-7-15-2/h15H,5-9,14H2,1-4H3. The Labute approximate surface area is 125 Å². The second kappa shape index (κ2) is 8.06. The van der Waals surface area contributed by atoms with Crippen LogP contribution in [0.3, 0.4) is 0 Å². The SMILES string of the molecule is CCCN(C)c1nc(N)c(C(=O)N(C)CCCNC)s1. The van der Waals surface area contributed by atoms with E-state index in [1.54, 1.807) is 11.9 Å². The van der Waals surface area contributed by atoms with Crippen molar-refractivity contribution in [1.29, 1.82) is 0 Å². The fraction of sp³-hybridized carbons (Fsp3) is 0.692. The van der Waals surface area contributed by atoms with Gasteiger partial charge in [0.25, 0.3) is 5.91 Å². The van der Waals surface area contributed by atoms with E-state index in [0.29, 0.717) is 17.2 Å². The molecule has 0 spiro atoms. The van der Waals surface area contributed by atoms with Gasteiger partial charge in [0.2, 0.25) is 0 Å². The maximum absolute atomic E-state index is 12.3. The summed E-state index contributed by atoms with van der Waals surface area (Å²) in [4.78, 5) is 20.9. The van der Waals surface area contributed by atoms with Crippen LogP contribution in [0.4, 0.5) is 10.9 Å². The fourth-order valence-corrected chi connectivity index (χ4v) is 2.80. The highest BCUT2D eigenvalue weighted by molar-refractivity contribution is 7.18. The van der Waals surface area contributed by atoms with Crippen LogP contribution in [0, 0.1) is 0 Å². The minimum atomic E-state index is -0.0488. The number of thiazole rings is 1. The van der Waals surface area contributed by atoms with Gasteiger partial charge in [0.15, 0.2) is 5.13 Å². The molecule has 7 heteroatoms. The van der Waals surface area contributed by atoms with Gasteiger partial charge in [-0.1, -0.05) is 18.3 Å². The number of nitrogens with one attached hydrogen (secondary N) is 1. The molecule has 114 valence electrons.